The van der Waals surface area contributed by atoms with E-state index in [1.165, 1.54) is 31.4 Å². The zero-order valence-corrected chi connectivity index (χ0v) is 10.1. The van der Waals surface area contributed by atoms with Gasteiger partial charge in [-0.15, -0.1) is 0 Å². The number of nitrogens with zero attached hydrogens (tertiary/aromatic N) is 2. The van der Waals surface area contributed by atoms with Crippen LogP contribution in [-0.4, -0.2) is 23.2 Å². The van der Waals surface area contributed by atoms with Crippen molar-refractivity contribution in [3.63, 3.8) is 0 Å². The topological polar surface area (TPSA) is 77.2 Å². The molecule has 1 amide bonds. The summed E-state index contributed by atoms with van der Waals surface area (Å²) in [5.41, 5.74) is 2.67. The number of aromatic nitrogens is 2. The average Bonchev–Trinajstić information content (AvgIpc) is 2.89. The monoisotopic (exact) mass is 287 g/mol. The number of carbonyl (C=O) groups excluding carboxylic acids is 1. The van der Waals surface area contributed by atoms with Gasteiger partial charge in [-0.3, -0.25) is 9.63 Å². The number of hydroxylamine groups is 1. The van der Waals surface area contributed by atoms with E-state index in [2.05, 4.69) is 25.0 Å². The number of hydrogen-bond donors (Lipinski definition) is 1. The van der Waals surface area contributed by atoms with Crippen molar-refractivity contribution >= 4 is 5.91 Å². The number of alkyl halides is 3. The Hall–Kier alpha value is -2.42. The van der Waals surface area contributed by atoms with E-state index in [4.69, 9.17) is 0 Å². The van der Waals surface area contributed by atoms with Gasteiger partial charge >= 0.3 is 12.1 Å². The van der Waals surface area contributed by atoms with Crippen molar-refractivity contribution < 1.29 is 27.3 Å². The fraction of sp³-hybridized carbons (Fsp3) is 0.182. The molecule has 20 heavy (non-hydrogen) atoms. The van der Waals surface area contributed by atoms with Crippen molar-refractivity contribution in [2.45, 2.75) is 6.18 Å². The molecule has 9 heteroatoms. The van der Waals surface area contributed by atoms with Gasteiger partial charge in [-0.25, -0.2) is 5.48 Å². The minimum Gasteiger partial charge on any atom is -0.329 e. The molecule has 2 rings (SSSR count). The molecule has 0 aliphatic heterocycles. The highest BCUT2D eigenvalue weighted by molar-refractivity contribution is 5.93. The van der Waals surface area contributed by atoms with Crippen LogP contribution in [0.2, 0.25) is 0 Å². The number of carbonyl (C=O) groups is 1. The van der Waals surface area contributed by atoms with Crippen LogP contribution >= 0.6 is 0 Å². The number of hydrogen-bond acceptors (Lipinski definition) is 5. The molecule has 0 unspecified atom stereocenters. The molecule has 0 atom stereocenters. The predicted octanol–water partition coefficient (Wildman–Crippen LogP) is 2.05. The van der Waals surface area contributed by atoms with Crippen LogP contribution in [0.5, 0.6) is 0 Å². The van der Waals surface area contributed by atoms with Gasteiger partial charge in [0.2, 0.25) is 5.82 Å². The Morgan fingerprint density at radius 2 is 1.95 bits per heavy atom. The SMILES string of the molecule is CONC(=O)c1ccc(-c2noc(C(F)(F)F)n2)cc1. The van der Waals surface area contributed by atoms with Crippen molar-refractivity contribution in [2.24, 2.45) is 0 Å². The molecule has 0 bridgehead atoms. The average molecular weight is 287 g/mol. The highest BCUT2D eigenvalue weighted by atomic mass is 19.4. The predicted molar refractivity (Wildman–Crippen MR) is 59.2 cm³/mol. The molecular weight excluding hydrogens is 279 g/mol. The van der Waals surface area contributed by atoms with Crippen molar-refractivity contribution in [3.05, 3.63) is 35.7 Å². The number of benzene rings is 1. The lowest BCUT2D eigenvalue weighted by molar-refractivity contribution is -0.159. The van der Waals surface area contributed by atoms with Gasteiger partial charge in [0.15, 0.2) is 0 Å². The molecule has 1 heterocycles. The Balaban J connectivity index is 2.22. The van der Waals surface area contributed by atoms with Crippen LogP contribution in [-0.2, 0) is 11.0 Å². The summed E-state index contributed by atoms with van der Waals surface area (Å²) >= 11 is 0. The lowest BCUT2D eigenvalue weighted by Gasteiger charge is -2.02. The molecule has 0 saturated heterocycles. The first-order valence-corrected chi connectivity index (χ1v) is 5.26. The van der Waals surface area contributed by atoms with Crippen LogP contribution in [0.1, 0.15) is 16.2 Å². The van der Waals surface area contributed by atoms with Gasteiger partial charge in [0.25, 0.3) is 5.91 Å². The van der Waals surface area contributed by atoms with Crippen molar-refractivity contribution in [2.75, 3.05) is 7.11 Å². The first-order chi connectivity index (χ1) is 9.41. The number of nitrogens with one attached hydrogen (secondary N) is 1. The summed E-state index contributed by atoms with van der Waals surface area (Å²) in [7, 11) is 1.28. The minimum absolute atomic E-state index is 0.212. The summed E-state index contributed by atoms with van der Waals surface area (Å²) in [4.78, 5) is 19.1. The van der Waals surface area contributed by atoms with Gasteiger partial charge in [-0.05, 0) is 12.1 Å². The van der Waals surface area contributed by atoms with E-state index in [1.54, 1.807) is 0 Å². The fourth-order valence-electron chi connectivity index (χ4n) is 1.38. The Bertz CT molecular complexity index is 607. The van der Waals surface area contributed by atoms with Gasteiger partial charge in [0, 0.05) is 11.1 Å². The molecule has 0 spiro atoms. The molecule has 0 aliphatic carbocycles. The van der Waals surface area contributed by atoms with E-state index < -0.39 is 18.0 Å². The van der Waals surface area contributed by atoms with Crippen molar-refractivity contribution in [1.29, 1.82) is 0 Å². The van der Waals surface area contributed by atoms with Crippen LogP contribution in [0.25, 0.3) is 11.4 Å². The third-order valence-corrected chi connectivity index (χ3v) is 2.27. The van der Waals surface area contributed by atoms with E-state index in [0.29, 0.717) is 5.56 Å². The van der Waals surface area contributed by atoms with Crippen molar-refractivity contribution in [1.82, 2.24) is 15.6 Å². The van der Waals surface area contributed by atoms with Gasteiger partial charge in [0.1, 0.15) is 0 Å². The van der Waals surface area contributed by atoms with Crippen LogP contribution in [0.3, 0.4) is 0 Å². The summed E-state index contributed by atoms with van der Waals surface area (Å²) in [6.45, 7) is 0. The van der Waals surface area contributed by atoms with Gasteiger partial charge in [-0.1, -0.05) is 17.3 Å². The van der Waals surface area contributed by atoms with Gasteiger partial charge in [-0.2, -0.15) is 18.2 Å². The molecule has 106 valence electrons. The van der Waals surface area contributed by atoms with E-state index in [9.17, 15) is 18.0 Å². The van der Waals surface area contributed by atoms with Crippen LogP contribution < -0.4 is 5.48 Å². The first kappa shape index (κ1) is 14.0. The third kappa shape index (κ3) is 2.94. The quantitative estimate of drug-likeness (QED) is 0.874. The normalized spacial score (nSPS) is 11.4. The van der Waals surface area contributed by atoms with Crippen LogP contribution in [0.4, 0.5) is 13.2 Å². The molecule has 1 aromatic carbocycles. The maximum absolute atomic E-state index is 12.3. The number of rotatable bonds is 3. The molecule has 0 saturated carbocycles. The van der Waals surface area contributed by atoms with Crippen LogP contribution in [0.15, 0.2) is 28.8 Å². The lowest BCUT2D eigenvalue weighted by Crippen LogP contribution is -2.21. The molecule has 1 N–H and O–H groups in total. The van der Waals surface area contributed by atoms with E-state index in [-0.39, 0.29) is 11.4 Å². The largest absolute Gasteiger partial charge is 0.471 e. The smallest absolute Gasteiger partial charge is 0.329 e. The Morgan fingerprint density at radius 3 is 2.45 bits per heavy atom. The van der Waals surface area contributed by atoms with Gasteiger partial charge < -0.3 is 4.52 Å². The highest BCUT2D eigenvalue weighted by Crippen LogP contribution is 2.29. The molecular formula is C11H8F3N3O3. The highest BCUT2D eigenvalue weighted by Gasteiger charge is 2.38. The maximum Gasteiger partial charge on any atom is 0.471 e. The zero-order valence-electron chi connectivity index (χ0n) is 10.1. The maximum atomic E-state index is 12.3. The third-order valence-electron chi connectivity index (χ3n) is 2.27. The second kappa shape index (κ2) is 5.29. The number of halogens is 3. The van der Waals surface area contributed by atoms with Crippen molar-refractivity contribution in [3.8, 4) is 11.4 Å². The second-order valence-corrected chi connectivity index (χ2v) is 3.63. The van der Waals surface area contributed by atoms with E-state index in [1.807, 2.05) is 0 Å². The van der Waals surface area contributed by atoms with E-state index >= 15 is 0 Å². The zero-order chi connectivity index (χ0) is 14.8. The second-order valence-electron chi connectivity index (χ2n) is 3.63. The first-order valence-electron chi connectivity index (χ1n) is 5.26. The minimum atomic E-state index is -4.69. The Morgan fingerprint density at radius 1 is 1.30 bits per heavy atom. The molecule has 1 aromatic heterocycles. The van der Waals surface area contributed by atoms with Gasteiger partial charge in [0.05, 0.1) is 7.11 Å². The standard InChI is InChI=1S/C11H8F3N3O3/c1-19-17-9(18)7-4-2-6(3-5-7)8-15-10(20-16-8)11(12,13)14/h2-5H,1H3,(H,17,18). The Kier molecular flexibility index (Phi) is 3.70. The molecule has 6 nitrogen and oxygen atoms in total. The number of amides is 1. The summed E-state index contributed by atoms with van der Waals surface area (Å²) in [5, 5.41) is 3.23. The summed E-state index contributed by atoms with van der Waals surface area (Å²) in [5.74, 6) is -2.12. The molecule has 2 aromatic rings. The summed E-state index contributed by atoms with van der Waals surface area (Å²) in [6.07, 6.45) is -4.69. The summed E-state index contributed by atoms with van der Waals surface area (Å²) in [6, 6.07) is 5.59. The summed E-state index contributed by atoms with van der Waals surface area (Å²) < 4.78 is 41.0. The molecule has 0 aliphatic rings. The molecule has 0 radical (unpaired) electrons. The van der Waals surface area contributed by atoms with Crippen LogP contribution in [0, 0.1) is 0 Å². The fourth-order valence-corrected chi connectivity index (χ4v) is 1.38. The molecule has 0 fully saturated rings. The lowest BCUT2D eigenvalue weighted by atomic mass is 10.1. The van der Waals surface area contributed by atoms with E-state index in [0.717, 1.165) is 0 Å². The Labute approximate surface area is 110 Å².